The Hall–Kier alpha value is -1.75. The molecule has 20 heavy (non-hydrogen) atoms. The summed E-state index contributed by atoms with van der Waals surface area (Å²) in [5.41, 5.74) is -1.14. The lowest BCUT2D eigenvalue weighted by molar-refractivity contribution is -0.156. The maximum absolute atomic E-state index is 12.3. The lowest BCUT2D eigenvalue weighted by Gasteiger charge is -2.32. The zero-order valence-corrected chi connectivity index (χ0v) is 12.0. The van der Waals surface area contributed by atoms with E-state index >= 15 is 0 Å². The number of aliphatic carboxylic acids is 1. The van der Waals surface area contributed by atoms with Crippen molar-refractivity contribution in [2.24, 2.45) is 11.3 Å². The Labute approximate surface area is 122 Å². The minimum Gasteiger partial charge on any atom is -0.481 e. The van der Waals surface area contributed by atoms with Crippen LogP contribution in [0.1, 0.15) is 19.8 Å². The van der Waals surface area contributed by atoms with E-state index in [1.165, 1.54) is 0 Å². The molecular formula is C15H16O4S. The molecule has 2 unspecified atom stereocenters. The molecule has 0 radical (unpaired) electrons. The van der Waals surface area contributed by atoms with E-state index < -0.39 is 23.3 Å². The smallest absolute Gasteiger partial charge is 0.321 e. The van der Waals surface area contributed by atoms with Gasteiger partial charge in [-0.1, -0.05) is 12.2 Å². The fraction of sp³-hybridized carbons (Fsp3) is 0.333. The van der Waals surface area contributed by atoms with Gasteiger partial charge in [0.05, 0.1) is 11.3 Å². The third-order valence-corrected chi connectivity index (χ3v) is 3.89. The fourth-order valence-corrected chi connectivity index (χ4v) is 2.48. The quantitative estimate of drug-likeness (QED) is 0.389. The maximum atomic E-state index is 12.3. The molecule has 2 atom stereocenters. The highest BCUT2D eigenvalue weighted by atomic mass is 32.1. The molecule has 4 nitrogen and oxygen atoms in total. The van der Waals surface area contributed by atoms with Crippen molar-refractivity contribution in [1.82, 2.24) is 0 Å². The predicted octanol–water partition coefficient (Wildman–Crippen LogP) is 2.94. The van der Waals surface area contributed by atoms with E-state index in [4.69, 9.17) is 4.74 Å². The molecule has 0 bridgehead atoms. The lowest BCUT2D eigenvalue weighted by atomic mass is 9.71. The van der Waals surface area contributed by atoms with Crippen molar-refractivity contribution in [1.29, 1.82) is 0 Å². The average molecular weight is 292 g/mol. The van der Waals surface area contributed by atoms with Crippen LogP contribution in [0.3, 0.4) is 0 Å². The number of allylic oxidation sites excluding steroid dienone is 1. The molecule has 0 heterocycles. The summed E-state index contributed by atoms with van der Waals surface area (Å²) in [6, 6.07) is 6.68. The predicted molar refractivity (Wildman–Crippen MR) is 76.9 cm³/mol. The molecule has 1 aromatic carbocycles. The van der Waals surface area contributed by atoms with Crippen LogP contribution in [0.4, 0.5) is 0 Å². The van der Waals surface area contributed by atoms with E-state index in [9.17, 15) is 14.7 Å². The van der Waals surface area contributed by atoms with Gasteiger partial charge in [0.15, 0.2) is 0 Å². The summed E-state index contributed by atoms with van der Waals surface area (Å²) in [6.07, 6.45) is 4.57. The Bertz CT molecular complexity index is 549. The summed E-state index contributed by atoms with van der Waals surface area (Å²) in [4.78, 5) is 24.4. The first-order valence-electron chi connectivity index (χ1n) is 6.35. The Morgan fingerprint density at radius 2 is 2.00 bits per heavy atom. The fourth-order valence-electron chi connectivity index (χ4n) is 2.33. The van der Waals surface area contributed by atoms with Crippen LogP contribution in [-0.4, -0.2) is 17.0 Å². The normalized spacial score (nSPS) is 25.2. The number of esters is 1. The van der Waals surface area contributed by atoms with Crippen molar-refractivity contribution >= 4 is 24.6 Å². The second kappa shape index (κ2) is 5.71. The molecule has 0 fully saturated rings. The second-order valence-corrected chi connectivity index (χ2v) is 5.55. The highest BCUT2D eigenvalue weighted by Crippen LogP contribution is 2.38. The van der Waals surface area contributed by atoms with Crippen LogP contribution in [0.15, 0.2) is 41.3 Å². The molecule has 5 heteroatoms. The number of carbonyl (C=O) groups excluding carboxylic acids is 1. The van der Waals surface area contributed by atoms with Crippen molar-refractivity contribution in [2.75, 3.05) is 0 Å². The molecule has 2 rings (SSSR count). The van der Waals surface area contributed by atoms with Gasteiger partial charge in [-0.25, -0.2) is 0 Å². The summed E-state index contributed by atoms with van der Waals surface area (Å²) >= 11 is 4.15. The number of benzene rings is 1. The van der Waals surface area contributed by atoms with E-state index in [0.29, 0.717) is 18.6 Å². The Kier molecular flexibility index (Phi) is 4.18. The number of ether oxygens (including phenoxy) is 1. The van der Waals surface area contributed by atoms with Gasteiger partial charge >= 0.3 is 11.9 Å². The number of rotatable bonds is 3. The van der Waals surface area contributed by atoms with Crippen LogP contribution < -0.4 is 4.74 Å². The summed E-state index contributed by atoms with van der Waals surface area (Å²) in [7, 11) is 0. The van der Waals surface area contributed by atoms with Crippen LogP contribution in [0.5, 0.6) is 5.75 Å². The van der Waals surface area contributed by atoms with Crippen LogP contribution in [0.25, 0.3) is 0 Å². The highest BCUT2D eigenvalue weighted by Gasteiger charge is 2.46. The average Bonchev–Trinajstić information content (AvgIpc) is 2.41. The molecule has 1 aromatic rings. The zero-order valence-electron chi connectivity index (χ0n) is 11.1. The Morgan fingerprint density at radius 1 is 1.35 bits per heavy atom. The maximum Gasteiger partial charge on any atom is 0.321 e. The molecular weight excluding hydrogens is 276 g/mol. The topological polar surface area (TPSA) is 63.6 Å². The molecule has 1 aliphatic carbocycles. The van der Waals surface area contributed by atoms with Gasteiger partial charge < -0.3 is 9.84 Å². The molecule has 106 valence electrons. The highest BCUT2D eigenvalue weighted by molar-refractivity contribution is 7.80. The SMILES string of the molecule is CC1(C(=O)Oc2ccc(S)cc2)C=CCCC1C(=O)O. The van der Waals surface area contributed by atoms with E-state index in [0.717, 1.165) is 4.90 Å². The number of thiol groups is 1. The first-order valence-corrected chi connectivity index (χ1v) is 6.80. The van der Waals surface area contributed by atoms with Gasteiger partial charge in [-0.15, -0.1) is 12.6 Å². The van der Waals surface area contributed by atoms with Gasteiger partial charge in [-0.2, -0.15) is 0 Å². The van der Waals surface area contributed by atoms with Gasteiger partial charge in [0.1, 0.15) is 5.75 Å². The minimum absolute atomic E-state index is 0.386. The Balaban J connectivity index is 2.21. The minimum atomic E-state index is -1.14. The monoisotopic (exact) mass is 292 g/mol. The van der Waals surface area contributed by atoms with Crippen LogP contribution in [0.2, 0.25) is 0 Å². The molecule has 1 N–H and O–H groups in total. The van der Waals surface area contributed by atoms with Crippen molar-refractivity contribution in [3.63, 3.8) is 0 Å². The zero-order chi connectivity index (χ0) is 14.8. The van der Waals surface area contributed by atoms with Gasteiger partial charge in [0.2, 0.25) is 0 Å². The third kappa shape index (κ3) is 2.88. The second-order valence-electron chi connectivity index (χ2n) is 5.04. The molecule has 0 saturated heterocycles. The largest absolute Gasteiger partial charge is 0.481 e. The van der Waals surface area contributed by atoms with Crippen molar-refractivity contribution in [3.8, 4) is 5.75 Å². The molecule has 0 saturated carbocycles. The summed E-state index contributed by atoms with van der Waals surface area (Å²) in [6.45, 7) is 1.61. The van der Waals surface area contributed by atoms with Crippen LogP contribution in [-0.2, 0) is 9.59 Å². The van der Waals surface area contributed by atoms with Crippen LogP contribution >= 0.6 is 12.6 Å². The molecule has 1 aliphatic rings. The summed E-state index contributed by atoms with van der Waals surface area (Å²) in [5, 5.41) is 9.27. The van der Waals surface area contributed by atoms with Crippen molar-refractivity contribution in [2.45, 2.75) is 24.7 Å². The standard InChI is InChI=1S/C15H16O4S/c1-15(9-3-2-4-12(15)13(16)17)14(18)19-10-5-7-11(20)8-6-10/h3,5-9,12,20H,2,4H2,1H3,(H,16,17). The lowest BCUT2D eigenvalue weighted by Crippen LogP contribution is -2.42. The van der Waals surface area contributed by atoms with Gasteiger partial charge in [0.25, 0.3) is 0 Å². The molecule has 0 aliphatic heterocycles. The number of carbonyl (C=O) groups is 2. The molecule has 0 amide bonds. The number of carboxylic acids is 1. The molecule has 0 spiro atoms. The van der Waals surface area contributed by atoms with Crippen molar-refractivity contribution < 1.29 is 19.4 Å². The van der Waals surface area contributed by atoms with Gasteiger partial charge in [-0.3, -0.25) is 9.59 Å². The van der Waals surface area contributed by atoms with E-state index in [1.807, 2.05) is 6.08 Å². The first kappa shape index (κ1) is 14.7. The number of hydrogen-bond acceptors (Lipinski definition) is 4. The van der Waals surface area contributed by atoms with E-state index in [1.54, 1.807) is 37.3 Å². The molecule has 0 aromatic heterocycles. The van der Waals surface area contributed by atoms with Crippen LogP contribution in [0, 0.1) is 11.3 Å². The van der Waals surface area contributed by atoms with Crippen molar-refractivity contribution in [3.05, 3.63) is 36.4 Å². The summed E-state index contributed by atoms with van der Waals surface area (Å²) in [5.74, 6) is -1.89. The Morgan fingerprint density at radius 3 is 2.60 bits per heavy atom. The first-order chi connectivity index (χ1) is 9.43. The van der Waals surface area contributed by atoms with E-state index in [2.05, 4.69) is 12.6 Å². The summed E-state index contributed by atoms with van der Waals surface area (Å²) < 4.78 is 5.30. The number of carboxylic acid groups (broad SMARTS) is 1. The van der Waals surface area contributed by atoms with Gasteiger partial charge in [-0.05, 0) is 44.0 Å². The van der Waals surface area contributed by atoms with Gasteiger partial charge in [0, 0.05) is 4.90 Å². The third-order valence-electron chi connectivity index (χ3n) is 3.60. The number of hydrogen-bond donors (Lipinski definition) is 2. The van der Waals surface area contributed by atoms with E-state index in [-0.39, 0.29) is 0 Å².